The summed E-state index contributed by atoms with van der Waals surface area (Å²) in [6.07, 6.45) is -11.6. The van der Waals surface area contributed by atoms with Gasteiger partial charge in [0.05, 0.1) is 0 Å². The molecule has 84 valence electrons. The van der Waals surface area contributed by atoms with Gasteiger partial charge in [0.1, 0.15) is 0 Å². The second kappa shape index (κ2) is 11.7. The Morgan fingerprint density at radius 1 is 0.429 bits per heavy atom. The Labute approximate surface area is 73.8 Å². The number of rotatable bonds is 0. The third-order valence-electron chi connectivity index (χ3n) is 0.286. The molecular formula is C6H4F8. The van der Waals surface area contributed by atoms with Crippen molar-refractivity contribution in [1.82, 2.24) is 0 Å². The molecule has 0 nitrogen and oxygen atoms in total. The number of hydrogen-bond donors (Lipinski definition) is 0. The molecule has 0 aliphatic rings. The summed E-state index contributed by atoms with van der Waals surface area (Å²) in [5.74, 6) is 0. The third kappa shape index (κ3) is 22.4. The van der Waals surface area contributed by atoms with Crippen molar-refractivity contribution in [2.24, 2.45) is 0 Å². The molecule has 0 aliphatic carbocycles. The van der Waals surface area contributed by atoms with Crippen molar-refractivity contribution in [3.05, 3.63) is 37.5 Å². The minimum absolute atomic E-state index is 2.91. The van der Waals surface area contributed by atoms with Crippen LogP contribution in [0.4, 0.5) is 35.1 Å². The van der Waals surface area contributed by atoms with Crippen molar-refractivity contribution < 1.29 is 35.1 Å². The lowest BCUT2D eigenvalue weighted by atomic mass is 11.1. The minimum atomic E-state index is -2.91. The van der Waals surface area contributed by atoms with Crippen LogP contribution in [-0.4, -0.2) is 0 Å². The van der Waals surface area contributed by atoms with Crippen molar-refractivity contribution in [1.29, 1.82) is 0 Å². The fourth-order valence-corrected chi connectivity index (χ4v) is 0. The molecule has 0 bridgehead atoms. The quantitative estimate of drug-likeness (QED) is 0.413. The summed E-state index contributed by atoms with van der Waals surface area (Å²) < 4.78 is 82.3. The Morgan fingerprint density at radius 3 is 0.500 bits per heavy atom. The fraction of sp³-hybridized carbons (Fsp3) is 0. The van der Waals surface area contributed by atoms with Crippen LogP contribution in [0.15, 0.2) is 37.5 Å². The molecule has 0 aromatic rings. The molecule has 0 aromatic carbocycles. The average Bonchev–Trinajstić information content (AvgIpc) is 2.08. The first-order valence-corrected chi connectivity index (χ1v) is 2.51. The van der Waals surface area contributed by atoms with Crippen LogP contribution in [0.1, 0.15) is 0 Å². The van der Waals surface area contributed by atoms with E-state index in [1.54, 1.807) is 0 Å². The highest BCUT2D eigenvalue weighted by Crippen LogP contribution is 2.08. The van der Waals surface area contributed by atoms with Gasteiger partial charge in [-0.1, -0.05) is 0 Å². The lowest BCUT2D eigenvalue weighted by molar-refractivity contribution is 0.308. The molecule has 0 amide bonds. The van der Waals surface area contributed by atoms with Crippen molar-refractivity contribution in [3.8, 4) is 0 Å². The zero-order chi connectivity index (χ0) is 12.3. The fourth-order valence-electron chi connectivity index (χ4n) is 0. The Kier molecular flexibility index (Phi) is 15.4. The molecule has 0 saturated heterocycles. The lowest BCUT2D eigenvalue weighted by Gasteiger charge is -1.69. The van der Waals surface area contributed by atoms with Crippen LogP contribution in [0.3, 0.4) is 0 Å². The smallest absolute Gasteiger partial charge is 0.167 e. The molecule has 0 atom stereocenters. The van der Waals surface area contributed by atoms with Crippen LogP contribution in [0, 0.1) is 0 Å². The van der Waals surface area contributed by atoms with E-state index in [0.717, 1.165) is 0 Å². The molecule has 0 unspecified atom stereocenters. The Balaban J connectivity index is -0.000000147. The average molecular weight is 228 g/mol. The molecule has 0 radical (unpaired) electrons. The summed E-state index contributed by atoms with van der Waals surface area (Å²) in [7, 11) is 0. The van der Waals surface area contributed by atoms with Gasteiger partial charge in [0.2, 0.25) is 0 Å². The molecule has 0 saturated carbocycles. The predicted octanol–water partition coefficient (Wildman–Crippen LogP) is 4.78. The third-order valence-corrected chi connectivity index (χ3v) is 0.286. The predicted molar refractivity (Wildman–Crippen MR) is 34.2 cm³/mol. The molecule has 0 aliphatic heterocycles. The van der Waals surface area contributed by atoms with E-state index in [1.807, 2.05) is 0 Å². The second-order valence-corrected chi connectivity index (χ2v) is 1.04. The van der Waals surface area contributed by atoms with Gasteiger partial charge in [-0.05, 0) is 0 Å². The highest BCUT2D eigenvalue weighted by atomic mass is 19.3. The van der Waals surface area contributed by atoms with E-state index in [2.05, 4.69) is 13.2 Å². The summed E-state index contributed by atoms with van der Waals surface area (Å²) >= 11 is 0. The van der Waals surface area contributed by atoms with Crippen LogP contribution in [0.5, 0.6) is 0 Å². The first-order chi connectivity index (χ1) is 6.29. The van der Waals surface area contributed by atoms with Gasteiger partial charge in [-0.15, -0.1) is 13.2 Å². The van der Waals surface area contributed by atoms with Crippen molar-refractivity contribution in [2.75, 3.05) is 0 Å². The number of hydrogen-bond acceptors (Lipinski definition) is 0. The molecule has 14 heavy (non-hydrogen) atoms. The summed E-state index contributed by atoms with van der Waals surface area (Å²) in [6, 6.07) is 0. The lowest BCUT2D eigenvalue weighted by Crippen LogP contribution is -1.56. The number of halogens is 8. The van der Waals surface area contributed by atoms with Gasteiger partial charge in [-0.3, -0.25) is 0 Å². The minimum Gasteiger partial charge on any atom is -0.167 e. The van der Waals surface area contributed by atoms with Crippen molar-refractivity contribution >= 4 is 0 Å². The molecule has 0 heterocycles. The van der Waals surface area contributed by atoms with Crippen LogP contribution < -0.4 is 0 Å². The van der Waals surface area contributed by atoms with Crippen LogP contribution in [0.2, 0.25) is 0 Å². The highest BCUT2D eigenvalue weighted by molar-refractivity contribution is 4.77. The van der Waals surface area contributed by atoms with Crippen molar-refractivity contribution in [2.45, 2.75) is 0 Å². The first kappa shape index (κ1) is 18.4. The Bertz CT molecular complexity index is 148. The second-order valence-electron chi connectivity index (χ2n) is 1.04. The molecule has 0 fully saturated rings. The van der Waals surface area contributed by atoms with E-state index in [1.165, 1.54) is 0 Å². The summed E-state index contributed by atoms with van der Waals surface area (Å²) in [4.78, 5) is 0. The largest absolute Gasteiger partial charge is 0.334 e. The Hall–Kier alpha value is -1.34. The Morgan fingerprint density at radius 2 is 0.500 bits per heavy atom. The first-order valence-electron chi connectivity index (χ1n) is 2.51. The van der Waals surface area contributed by atoms with E-state index >= 15 is 0 Å². The van der Waals surface area contributed by atoms with Gasteiger partial charge in [-0.2, -0.15) is 35.1 Å². The van der Waals surface area contributed by atoms with Crippen LogP contribution in [-0.2, 0) is 0 Å². The molecule has 0 rings (SSSR count). The van der Waals surface area contributed by atoms with E-state index in [9.17, 15) is 35.1 Å². The molecule has 0 spiro atoms. The molecular weight excluding hydrogens is 224 g/mol. The molecule has 8 heteroatoms. The van der Waals surface area contributed by atoms with Gasteiger partial charge in [0, 0.05) is 0 Å². The summed E-state index contributed by atoms with van der Waals surface area (Å²) in [5, 5.41) is 0. The summed E-state index contributed by atoms with van der Waals surface area (Å²) in [6.45, 7) is 6.00. The van der Waals surface area contributed by atoms with Gasteiger partial charge in [-0.25, -0.2) is 0 Å². The van der Waals surface area contributed by atoms with Gasteiger partial charge >= 0.3 is 24.3 Å². The van der Waals surface area contributed by atoms with Crippen LogP contribution >= 0.6 is 0 Å². The monoisotopic (exact) mass is 228 g/mol. The summed E-state index contributed by atoms with van der Waals surface area (Å²) in [5.41, 5.74) is 0. The van der Waals surface area contributed by atoms with E-state index in [4.69, 9.17) is 0 Å². The maximum Gasteiger partial charge on any atom is 0.334 e. The SMILES string of the molecule is C=C.FC(F)=C(F)F.FC(F)=C(F)F. The maximum absolute atomic E-state index is 10.3. The maximum atomic E-state index is 10.3. The van der Waals surface area contributed by atoms with Gasteiger partial charge in [0.25, 0.3) is 0 Å². The normalized spacial score (nSPS) is 7.14. The van der Waals surface area contributed by atoms with E-state index in [-0.39, 0.29) is 0 Å². The van der Waals surface area contributed by atoms with E-state index < -0.39 is 24.3 Å². The van der Waals surface area contributed by atoms with Crippen LogP contribution in [0.25, 0.3) is 0 Å². The zero-order valence-corrected chi connectivity index (χ0v) is 6.44. The zero-order valence-electron chi connectivity index (χ0n) is 6.44. The van der Waals surface area contributed by atoms with Gasteiger partial charge < -0.3 is 0 Å². The van der Waals surface area contributed by atoms with Crippen molar-refractivity contribution in [3.63, 3.8) is 0 Å². The molecule has 0 N–H and O–H groups in total. The highest BCUT2D eigenvalue weighted by Gasteiger charge is 1.98. The van der Waals surface area contributed by atoms with Gasteiger partial charge in [0.15, 0.2) is 0 Å². The standard InChI is InChI=1S/2C2F4.C2H4/c2*3-1(4)2(5)6;1-2/h;;1-2H2. The topological polar surface area (TPSA) is 0 Å². The molecule has 0 aromatic heterocycles. The van der Waals surface area contributed by atoms with E-state index in [0.29, 0.717) is 0 Å².